The van der Waals surface area contributed by atoms with Crippen LogP contribution in [-0.2, 0) is 28.0 Å². The quantitative estimate of drug-likeness (QED) is 0.638. The number of likely N-dealkylation sites (tertiary alicyclic amines) is 1. The maximum absolute atomic E-state index is 13.6. The molecule has 32 heavy (non-hydrogen) atoms. The van der Waals surface area contributed by atoms with Gasteiger partial charge in [-0.1, -0.05) is 54.6 Å². The third-order valence-electron chi connectivity index (χ3n) is 7.69. The lowest BCUT2D eigenvalue weighted by molar-refractivity contribution is -0.135. The summed E-state index contributed by atoms with van der Waals surface area (Å²) in [5, 5.41) is 0. The molecule has 0 aromatic heterocycles. The van der Waals surface area contributed by atoms with E-state index < -0.39 is 0 Å². The van der Waals surface area contributed by atoms with Gasteiger partial charge in [0.15, 0.2) is 0 Å². The van der Waals surface area contributed by atoms with Gasteiger partial charge in [-0.25, -0.2) is 0 Å². The molecule has 168 valence electrons. The molecule has 0 radical (unpaired) electrons. The minimum Gasteiger partial charge on any atom is -0.343 e. The molecule has 0 bridgehead atoms. The molecule has 2 saturated carbocycles. The molecule has 3 fully saturated rings. The fourth-order valence-corrected chi connectivity index (χ4v) is 5.30. The lowest BCUT2D eigenvalue weighted by Gasteiger charge is -2.31. The van der Waals surface area contributed by atoms with Crippen molar-refractivity contribution < 1.29 is 9.59 Å². The van der Waals surface area contributed by atoms with Crippen LogP contribution in [0.2, 0.25) is 0 Å². The molecule has 5 rings (SSSR count). The van der Waals surface area contributed by atoms with Crippen molar-refractivity contribution in [3.05, 3.63) is 71.3 Å². The standard InChI is InChI=1S/C28H34N2O2/c1-21(31)29-17-13-23(14-18-29)19-22-7-9-24(10-8-22)20-30(26-11-12-26)27(32)28(15-16-28)25-5-3-2-4-6-25/h2-10,23,26H,11-20H2,1H3. The second-order valence-corrected chi connectivity index (χ2v) is 10.1. The van der Waals surface area contributed by atoms with Crippen LogP contribution in [-0.4, -0.2) is 40.7 Å². The van der Waals surface area contributed by atoms with E-state index in [2.05, 4.69) is 41.3 Å². The number of carbonyl (C=O) groups excluding carboxylic acids is 2. The molecule has 0 unspecified atom stereocenters. The Bertz CT molecular complexity index is 953. The first kappa shape index (κ1) is 21.2. The summed E-state index contributed by atoms with van der Waals surface area (Å²) < 4.78 is 0. The average Bonchev–Trinajstić information content (AvgIpc) is 3.73. The summed E-state index contributed by atoms with van der Waals surface area (Å²) in [5.41, 5.74) is 3.49. The van der Waals surface area contributed by atoms with Crippen molar-refractivity contribution in [1.82, 2.24) is 9.80 Å². The van der Waals surface area contributed by atoms with E-state index in [1.807, 2.05) is 23.1 Å². The van der Waals surface area contributed by atoms with Crippen molar-refractivity contribution in [2.24, 2.45) is 5.92 Å². The van der Waals surface area contributed by atoms with Gasteiger partial charge < -0.3 is 9.80 Å². The van der Waals surface area contributed by atoms with Crippen molar-refractivity contribution in [3.8, 4) is 0 Å². The molecular weight excluding hydrogens is 396 g/mol. The number of piperidine rings is 1. The number of carbonyl (C=O) groups is 2. The Kier molecular flexibility index (Phi) is 5.79. The molecule has 1 aliphatic heterocycles. The molecule has 1 saturated heterocycles. The van der Waals surface area contributed by atoms with E-state index in [1.165, 1.54) is 16.7 Å². The maximum atomic E-state index is 13.6. The zero-order valence-electron chi connectivity index (χ0n) is 19.1. The van der Waals surface area contributed by atoms with E-state index >= 15 is 0 Å². The largest absolute Gasteiger partial charge is 0.343 e. The second-order valence-electron chi connectivity index (χ2n) is 10.1. The molecule has 4 heteroatoms. The molecule has 3 aliphatic rings. The van der Waals surface area contributed by atoms with Crippen LogP contribution in [0.5, 0.6) is 0 Å². The van der Waals surface area contributed by atoms with Crippen LogP contribution in [0.4, 0.5) is 0 Å². The summed E-state index contributed by atoms with van der Waals surface area (Å²) in [6.07, 6.45) is 7.47. The Hall–Kier alpha value is -2.62. The topological polar surface area (TPSA) is 40.6 Å². The number of hydrogen-bond donors (Lipinski definition) is 0. The minimum absolute atomic E-state index is 0.197. The molecule has 4 nitrogen and oxygen atoms in total. The van der Waals surface area contributed by atoms with Gasteiger partial charge in [-0.3, -0.25) is 9.59 Å². The second kappa shape index (κ2) is 8.73. The Morgan fingerprint density at radius 3 is 2.09 bits per heavy atom. The van der Waals surface area contributed by atoms with Crippen LogP contribution in [0.1, 0.15) is 62.1 Å². The van der Waals surface area contributed by atoms with Gasteiger partial charge in [0.1, 0.15) is 0 Å². The van der Waals surface area contributed by atoms with E-state index in [9.17, 15) is 9.59 Å². The van der Waals surface area contributed by atoms with Crippen LogP contribution in [0.25, 0.3) is 0 Å². The zero-order valence-corrected chi connectivity index (χ0v) is 19.1. The van der Waals surface area contributed by atoms with Crippen molar-refractivity contribution in [1.29, 1.82) is 0 Å². The summed E-state index contributed by atoms with van der Waals surface area (Å²) >= 11 is 0. The Balaban J connectivity index is 1.22. The van der Waals surface area contributed by atoms with Gasteiger partial charge in [0.05, 0.1) is 5.41 Å². The third kappa shape index (κ3) is 4.46. The van der Waals surface area contributed by atoms with Gasteiger partial charge in [0, 0.05) is 32.6 Å². The summed E-state index contributed by atoms with van der Waals surface area (Å²) in [6, 6.07) is 19.7. The summed E-state index contributed by atoms with van der Waals surface area (Å²) in [6.45, 7) is 4.16. The number of rotatable bonds is 7. The molecule has 0 N–H and O–H groups in total. The van der Waals surface area contributed by atoms with E-state index in [0.29, 0.717) is 17.9 Å². The Morgan fingerprint density at radius 2 is 1.53 bits per heavy atom. The van der Waals surface area contributed by atoms with Crippen LogP contribution in [0, 0.1) is 5.92 Å². The van der Waals surface area contributed by atoms with Crippen molar-refractivity contribution in [3.63, 3.8) is 0 Å². The third-order valence-corrected chi connectivity index (χ3v) is 7.69. The molecule has 2 amide bonds. The fourth-order valence-electron chi connectivity index (χ4n) is 5.30. The number of nitrogens with zero attached hydrogens (tertiary/aromatic N) is 2. The normalized spacial score (nSPS) is 20.1. The van der Waals surface area contributed by atoms with Crippen molar-refractivity contribution in [2.75, 3.05) is 13.1 Å². The van der Waals surface area contributed by atoms with Crippen molar-refractivity contribution >= 4 is 11.8 Å². The van der Waals surface area contributed by atoms with E-state index in [-0.39, 0.29) is 11.3 Å². The van der Waals surface area contributed by atoms with Crippen molar-refractivity contribution in [2.45, 2.75) is 69.9 Å². The predicted octanol–water partition coefficient (Wildman–Crippen LogP) is 4.71. The maximum Gasteiger partial charge on any atom is 0.233 e. The summed E-state index contributed by atoms with van der Waals surface area (Å²) in [5.74, 6) is 1.18. The minimum atomic E-state index is -0.279. The first-order valence-corrected chi connectivity index (χ1v) is 12.2. The highest BCUT2D eigenvalue weighted by Gasteiger charge is 2.54. The molecular formula is C28H34N2O2. The number of benzene rings is 2. The van der Waals surface area contributed by atoms with Gasteiger partial charge in [0.25, 0.3) is 0 Å². The Labute approximate surface area is 191 Å². The molecule has 2 aromatic rings. The molecule has 0 spiro atoms. The summed E-state index contributed by atoms with van der Waals surface area (Å²) in [7, 11) is 0. The van der Waals surface area contributed by atoms with Gasteiger partial charge in [-0.2, -0.15) is 0 Å². The number of amides is 2. The predicted molar refractivity (Wildman–Crippen MR) is 126 cm³/mol. The van der Waals surface area contributed by atoms with Crippen LogP contribution in [0.3, 0.4) is 0 Å². The monoisotopic (exact) mass is 430 g/mol. The SMILES string of the molecule is CC(=O)N1CCC(Cc2ccc(CN(C(=O)C3(c4ccccc4)CC3)C3CC3)cc2)CC1. The van der Waals surface area contributed by atoms with E-state index in [0.717, 1.165) is 64.6 Å². The lowest BCUT2D eigenvalue weighted by Crippen LogP contribution is -2.40. The van der Waals surface area contributed by atoms with Crippen LogP contribution < -0.4 is 0 Å². The zero-order chi connectivity index (χ0) is 22.1. The van der Waals surface area contributed by atoms with E-state index in [4.69, 9.17) is 0 Å². The highest BCUT2D eigenvalue weighted by atomic mass is 16.2. The van der Waals surface area contributed by atoms with Crippen LogP contribution in [0.15, 0.2) is 54.6 Å². The van der Waals surface area contributed by atoms with Gasteiger partial charge >= 0.3 is 0 Å². The molecule has 1 heterocycles. The Morgan fingerprint density at radius 1 is 0.906 bits per heavy atom. The molecule has 2 aromatic carbocycles. The van der Waals surface area contributed by atoms with Crippen LogP contribution >= 0.6 is 0 Å². The molecule has 2 aliphatic carbocycles. The van der Waals surface area contributed by atoms with Gasteiger partial charge in [-0.05, 0) is 67.6 Å². The smallest absolute Gasteiger partial charge is 0.233 e. The lowest BCUT2D eigenvalue weighted by atomic mass is 9.90. The van der Waals surface area contributed by atoms with E-state index in [1.54, 1.807) is 6.92 Å². The number of hydrogen-bond acceptors (Lipinski definition) is 2. The first-order chi connectivity index (χ1) is 15.5. The van der Waals surface area contributed by atoms with Gasteiger partial charge in [0.2, 0.25) is 11.8 Å². The molecule has 0 atom stereocenters. The summed E-state index contributed by atoms with van der Waals surface area (Å²) in [4.78, 5) is 29.3. The highest BCUT2D eigenvalue weighted by molar-refractivity contribution is 5.91. The average molecular weight is 431 g/mol. The highest BCUT2D eigenvalue weighted by Crippen LogP contribution is 2.51. The fraction of sp³-hybridized carbons (Fsp3) is 0.500. The van der Waals surface area contributed by atoms with Gasteiger partial charge in [-0.15, -0.1) is 0 Å². The first-order valence-electron chi connectivity index (χ1n) is 12.2.